The highest BCUT2D eigenvalue weighted by Gasteiger charge is 2.09. The van der Waals surface area contributed by atoms with Crippen LogP contribution in [0.3, 0.4) is 0 Å². The van der Waals surface area contributed by atoms with Crippen LogP contribution in [0, 0.1) is 0 Å². The third-order valence-electron chi connectivity index (χ3n) is 2.97. The Labute approximate surface area is 126 Å². The Morgan fingerprint density at radius 3 is 2.65 bits per heavy atom. The third kappa shape index (κ3) is 5.43. The molecule has 0 spiro atoms. The first-order valence-electron chi connectivity index (χ1n) is 7.00. The van der Waals surface area contributed by atoms with E-state index in [-0.39, 0.29) is 6.04 Å². The minimum Gasteiger partial charge on any atom is -0.490 e. The predicted octanol–water partition coefficient (Wildman–Crippen LogP) is 3.89. The fourth-order valence-corrected chi connectivity index (χ4v) is 1.80. The second kappa shape index (κ2) is 8.88. The van der Waals surface area contributed by atoms with E-state index in [9.17, 15) is 0 Å². The van der Waals surface area contributed by atoms with E-state index in [1.165, 1.54) is 11.1 Å². The van der Waals surface area contributed by atoms with Gasteiger partial charge in [-0.15, -0.1) is 0 Å². The van der Waals surface area contributed by atoms with Crippen LogP contribution in [-0.2, 0) is 6.42 Å². The Hall–Kier alpha value is -1.19. The maximum absolute atomic E-state index is 5.99. The zero-order valence-electron chi connectivity index (χ0n) is 12.5. The zero-order valence-corrected chi connectivity index (χ0v) is 13.2. The van der Waals surface area contributed by atoms with E-state index in [0.29, 0.717) is 13.2 Å². The fraction of sp³-hybridized carbons (Fsp3) is 0.500. The summed E-state index contributed by atoms with van der Waals surface area (Å²) < 4.78 is 11.4. The first kappa shape index (κ1) is 16.9. The van der Waals surface area contributed by atoms with Crippen LogP contribution in [0.1, 0.15) is 32.8 Å². The minimum atomic E-state index is 0.178. The van der Waals surface area contributed by atoms with Gasteiger partial charge in [-0.2, -0.15) is 0 Å². The van der Waals surface area contributed by atoms with E-state index >= 15 is 0 Å². The number of hydrogen-bond acceptors (Lipinski definition) is 3. The van der Waals surface area contributed by atoms with E-state index in [4.69, 9.17) is 26.8 Å². The molecule has 1 atom stereocenters. The topological polar surface area (TPSA) is 44.5 Å². The number of halogens is 1. The first-order valence-corrected chi connectivity index (χ1v) is 7.44. The Morgan fingerprint density at radius 2 is 2.05 bits per heavy atom. The molecular formula is C16H24ClNO2. The third-order valence-corrected chi connectivity index (χ3v) is 3.34. The van der Waals surface area contributed by atoms with Gasteiger partial charge in [0.05, 0.1) is 6.61 Å². The van der Waals surface area contributed by atoms with Crippen LogP contribution >= 0.6 is 11.6 Å². The van der Waals surface area contributed by atoms with Crippen molar-refractivity contribution in [3.8, 4) is 11.5 Å². The van der Waals surface area contributed by atoms with Crippen LogP contribution in [-0.4, -0.2) is 19.3 Å². The van der Waals surface area contributed by atoms with Gasteiger partial charge in [-0.25, -0.2) is 0 Å². The van der Waals surface area contributed by atoms with Gasteiger partial charge in [0.1, 0.15) is 6.61 Å². The SMILES string of the molecule is CCOc1cc(CC(N)CC)ccc1OC/C(C)=C/Cl. The largest absolute Gasteiger partial charge is 0.490 e. The molecule has 0 bridgehead atoms. The van der Waals surface area contributed by atoms with Crippen LogP contribution in [0.4, 0.5) is 0 Å². The van der Waals surface area contributed by atoms with Crippen molar-refractivity contribution in [1.29, 1.82) is 0 Å². The number of rotatable bonds is 8. The molecule has 0 saturated carbocycles. The smallest absolute Gasteiger partial charge is 0.161 e. The summed E-state index contributed by atoms with van der Waals surface area (Å²) >= 11 is 5.63. The molecule has 1 aromatic rings. The van der Waals surface area contributed by atoms with Crippen molar-refractivity contribution in [3.05, 3.63) is 34.9 Å². The van der Waals surface area contributed by atoms with Gasteiger partial charge in [0.2, 0.25) is 0 Å². The van der Waals surface area contributed by atoms with Crippen molar-refractivity contribution in [1.82, 2.24) is 0 Å². The molecule has 4 heteroatoms. The summed E-state index contributed by atoms with van der Waals surface area (Å²) in [5, 5.41) is 0. The molecule has 0 aliphatic rings. The standard InChI is InChI=1S/C16H24ClNO2/c1-4-14(18)8-13-6-7-15(16(9-13)19-5-2)20-11-12(3)10-17/h6-7,9-10,14H,4-5,8,11,18H2,1-3H3/b12-10+. The maximum Gasteiger partial charge on any atom is 0.161 e. The van der Waals surface area contributed by atoms with Crippen molar-refractivity contribution >= 4 is 11.6 Å². The lowest BCUT2D eigenvalue weighted by molar-refractivity contribution is 0.292. The molecule has 2 N–H and O–H groups in total. The second-order valence-electron chi connectivity index (χ2n) is 4.83. The molecule has 0 radical (unpaired) electrons. The Balaban J connectivity index is 2.83. The summed E-state index contributed by atoms with van der Waals surface area (Å²) in [6.45, 7) is 7.02. The summed E-state index contributed by atoms with van der Waals surface area (Å²) in [4.78, 5) is 0. The lowest BCUT2D eigenvalue weighted by atomic mass is 10.0. The predicted molar refractivity (Wildman–Crippen MR) is 84.7 cm³/mol. The Morgan fingerprint density at radius 1 is 1.30 bits per heavy atom. The molecule has 20 heavy (non-hydrogen) atoms. The molecule has 0 amide bonds. The van der Waals surface area contributed by atoms with Gasteiger partial charge in [0.25, 0.3) is 0 Å². The van der Waals surface area contributed by atoms with Gasteiger partial charge in [0, 0.05) is 11.6 Å². The molecule has 0 aliphatic heterocycles. The monoisotopic (exact) mass is 297 g/mol. The van der Waals surface area contributed by atoms with Crippen LogP contribution < -0.4 is 15.2 Å². The van der Waals surface area contributed by atoms with Gasteiger partial charge in [-0.3, -0.25) is 0 Å². The highest BCUT2D eigenvalue weighted by Crippen LogP contribution is 2.29. The van der Waals surface area contributed by atoms with Gasteiger partial charge < -0.3 is 15.2 Å². The van der Waals surface area contributed by atoms with Crippen molar-refractivity contribution in [3.63, 3.8) is 0 Å². The molecule has 1 rings (SSSR count). The van der Waals surface area contributed by atoms with Gasteiger partial charge in [-0.1, -0.05) is 24.6 Å². The molecule has 112 valence electrons. The van der Waals surface area contributed by atoms with Crippen molar-refractivity contribution in [2.75, 3.05) is 13.2 Å². The quantitative estimate of drug-likeness (QED) is 0.792. The fourth-order valence-electron chi connectivity index (χ4n) is 1.74. The molecule has 0 heterocycles. The molecule has 0 aliphatic carbocycles. The van der Waals surface area contributed by atoms with E-state index in [1.54, 1.807) is 0 Å². The first-order chi connectivity index (χ1) is 9.60. The summed E-state index contributed by atoms with van der Waals surface area (Å²) in [6, 6.07) is 6.16. The van der Waals surface area contributed by atoms with Crippen molar-refractivity contribution < 1.29 is 9.47 Å². The maximum atomic E-state index is 5.99. The average Bonchev–Trinajstić information content (AvgIpc) is 2.46. The van der Waals surface area contributed by atoms with Crippen LogP contribution in [0.5, 0.6) is 11.5 Å². The number of nitrogens with two attached hydrogens (primary N) is 1. The van der Waals surface area contributed by atoms with Crippen molar-refractivity contribution in [2.45, 2.75) is 39.7 Å². The summed E-state index contributed by atoms with van der Waals surface area (Å²) in [5.41, 5.74) is 9.64. The Kier molecular flexibility index (Phi) is 7.48. The molecular weight excluding hydrogens is 274 g/mol. The van der Waals surface area contributed by atoms with E-state index in [2.05, 4.69) is 6.92 Å². The van der Waals surface area contributed by atoms with E-state index in [0.717, 1.165) is 29.9 Å². The van der Waals surface area contributed by atoms with Gasteiger partial charge in [0.15, 0.2) is 11.5 Å². The van der Waals surface area contributed by atoms with Crippen LogP contribution in [0.15, 0.2) is 29.3 Å². The molecule has 1 unspecified atom stereocenters. The number of ether oxygens (including phenoxy) is 2. The normalized spacial score (nSPS) is 13.2. The molecule has 0 fully saturated rings. The summed E-state index contributed by atoms with van der Waals surface area (Å²) in [5.74, 6) is 1.49. The van der Waals surface area contributed by atoms with Crippen molar-refractivity contribution in [2.24, 2.45) is 5.73 Å². The lowest BCUT2D eigenvalue weighted by Gasteiger charge is -2.15. The van der Waals surface area contributed by atoms with Gasteiger partial charge in [-0.05, 0) is 50.0 Å². The summed E-state index contributed by atoms with van der Waals surface area (Å²) in [6.07, 6.45) is 1.80. The number of hydrogen-bond donors (Lipinski definition) is 1. The highest BCUT2D eigenvalue weighted by molar-refractivity contribution is 6.25. The highest BCUT2D eigenvalue weighted by atomic mass is 35.5. The second-order valence-corrected chi connectivity index (χ2v) is 5.05. The van der Waals surface area contributed by atoms with Gasteiger partial charge >= 0.3 is 0 Å². The zero-order chi connectivity index (χ0) is 15.0. The number of benzene rings is 1. The van der Waals surface area contributed by atoms with E-state index < -0.39 is 0 Å². The summed E-state index contributed by atoms with van der Waals surface area (Å²) in [7, 11) is 0. The molecule has 0 saturated heterocycles. The molecule has 3 nitrogen and oxygen atoms in total. The van der Waals surface area contributed by atoms with Crippen LogP contribution in [0.25, 0.3) is 0 Å². The molecule has 0 aromatic heterocycles. The lowest BCUT2D eigenvalue weighted by Crippen LogP contribution is -2.21. The van der Waals surface area contributed by atoms with E-state index in [1.807, 2.05) is 32.0 Å². The minimum absolute atomic E-state index is 0.178. The Bertz CT molecular complexity index is 446. The van der Waals surface area contributed by atoms with Crippen LogP contribution in [0.2, 0.25) is 0 Å². The average molecular weight is 298 g/mol. The molecule has 1 aromatic carbocycles.